The molecule has 0 radical (unpaired) electrons. The van der Waals surface area contributed by atoms with Crippen LogP contribution in [0.15, 0.2) is 6.07 Å². The van der Waals surface area contributed by atoms with E-state index in [9.17, 15) is 5.11 Å². The predicted octanol–water partition coefficient (Wildman–Crippen LogP) is 3.95. The number of phenols is 1. The number of rotatable bonds is 3. The molecule has 0 fully saturated rings. The molecule has 0 aliphatic rings. The Balaban J connectivity index is 3.47. The van der Waals surface area contributed by atoms with Crippen LogP contribution in [0.5, 0.6) is 5.75 Å². The van der Waals surface area contributed by atoms with Crippen LogP contribution in [0.4, 0.5) is 0 Å². The lowest BCUT2D eigenvalue weighted by molar-refractivity contribution is 0.463. The Morgan fingerprint density at radius 1 is 1.13 bits per heavy atom. The highest BCUT2D eigenvalue weighted by molar-refractivity contribution is 5.50. The van der Waals surface area contributed by atoms with Gasteiger partial charge in [-0.3, -0.25) is 0 Å². The molecule has 1 heteroatoms. The van der Waals surface area contributed by atoms with Crippen LogP contribution in [0.2, 0.25) is 0 Å². The quantitative estimate of drug-likeness (QED) is 0.794. The fourth-order valence-electron chi connectivity index (χ4n) is 2.26. The minimum Gasteiger partial charge on any atom is -0.507 e. The normalized spacial score (nSPS) is 11.1. The van der Waals surface area contributed by atoms with Crippen LogP contribution in [0, 0.1) is 6.92 Å². The highest BCUT2D eigenvalue weighted by Gasteiger charge is 2.14. The highest BCUT2D eigenvalue weighted by atomic mass is 16.3. The van der Waals surface area contributed by atoms with E-state index in [1.54, 1.807) is 0 Å². The molecule has 1 aromatic rings. The zero-order valence-electron chi connectivity index (χ0n) is 10.5. The van der Waals surface area contributed by atoms with E-state index in [2.05, 4.69) is 33.8 Å². The van der Waals surface area contributed by atoms with Crippen molar-refractivity contribution in [1.29, 1.82) is 0 Å². The van der Waals surface area contributed by atoms with Crippen molar-refractivity contribution >= 4 is 0 Å². The summed E-state index contributed by atoms with van der Waals surface area (Å²) in [5.74, 6) is 1.03. The van der Waals surface area contributed by atoms with Crippen molar-refractivity contribution in [1.82, 2.24) is 0 Å². The average Bonchev–Trinajstić information content (AvgIpc) is 2.20. The molecule has 0 atom stereocenters. The van der Waals surface area contributed by atoms with Crippen molar-refractivity contribution in [3.05, 3.63) is 28.3 Å². The van der Waals surface area contributed by atoms with Crippen LogP contribution in [0.3, 0.4) is 0 Å². The van der Waals surface area contributed by atoms with E-state index >= 15 is 0 Å². The zero-order valence-corrected chi connectivity index (χ0v) is 10.5. The van der Waals surface area contributed by atoms with Gasteiger partial charge in [0.15, 0.2) is 0 Å². The van der Waals surface area contributed by atoms with E-state index in [0.29, 0.717) is 11.7 Å². The molecular formula is C14H22O. The number of aryl methyl sites for hydroxylation is 1. The maximum atomic E-state index is 10.0. The Morgan fingerprint density at radius 2 is 1.67 bits per heavy atom. The number of hydrogen-bond acceptors (Lipinski definition) is 1. The van der Waals surface area contributed by atoms with Crippen LogP contribution in [-0.2, 0) is 12.8 Å². The number of phenolic OH excluding ortho intramolecular Hbond substituents is 1. The number of aromatic hydroxyl groups is 1. The fourth-order valence-corrected chi connectivity index (χ4v) is 2.26. The summed E-state index contributed by atoms with van der Waals surface area (Å²) in [6.07, 6.45) is 1.92. The minimum atomic E-state index is 0.499. The smallest absolute Gasteiger partial charge is 0.121 e. The summed E-state index contributed by atoms with van der Waals surface area (Å²) in [5, 5.41) is 10.0. The van der Waals surface area contributed by atoms with Gasteiger partial charge in [0.1, 0.15) is 5.75 Å². The summed E-state index contributed by atoms with van der Waals surface area (Å²) < 4.78 is 0. The van der Waals surface area contributed by atoms with Crippen LogP contribution in [0.25, 0.3) is 0 Å². The zero-order chi connectivity index (χ0) is 11.6. The summed E-state index contributed by atoms with van der Waals surface area (Å²) in [7, 11) is 0. The first kappa shape index (κ1) is 12.1. The molecule has 0 aliphatic carbocycles. The van der Waals surface area contributed by atoms with E-state index in [4.69, 9.17) is 0 Å². The van der Waals surface area contributed by atoms with Gasteiger partial charge in [-0.05, 0) is 47.9 Å². The van der Waals surface area contributed by atoms with Crippen LogP contribution >= 0.6 is 0 Å². The van der Waals surface area contributed by atoms with Gasteiger partial charge in [-0.2, -0.15) is 0 Å². The van der Waals surface area contributed by atoms with Gasteiger partial charge in [0, 0.05) is 0 Å². The van der Waals surface area contributed by atoms with Gasteiger partial charge in [-0.25, -0.2) is 0 Å². The van der Waals surface area contributed by atoms with Crippen molar-refractivity contribution in [2.24, 2.45) is 0 Å². The van der Waals surface area contributed by atoms with Crippen LogP contribution in [0.1, 0.15) is 55.9 Å². The van der Waals surface area contributed by atoms with E-state index in [-0.39, 0.29) is 0 Å². The molecule has 1 nitrogen and oxygen atoms in total. The van der Waals surface area contributed by atoms with Gasteiger partial charge in [-0.15, -0.1) is 0 Å². The van der Waals surface area contributed by atoms with Crippen molar-refractivity contribution in [3.63, 3.8) is 0 Å². The lowest BCUT2D eigenvalue weighted by Gasteiger charge is -2.18. The molecule has 0 amide bonds. The Labute approximate surface area is 93.1 Å². The summed E-state index contributed by atoms with van der Waals surface area (Å²) in [6, 6.07) is 2.14. The maximum absolute atomic E-state index is 10.0. The second-order valence-electron chi connectivity index (χ2n) is 4.45. The van der Waals surface area contributed by atoms with Gasteiger partial charge in [0.05, 0.1) is 0 Å². The molecule has 0 heterocycles. The molecule has 0 saturated heterocycles. The summed E-state index contributed by atoms with van der Waals surface area (Å²) >= 11 is 0. The van der Waals surface area contributed by atoms with Crippen molar-refractivity contribution < 1.29 is 5.11 Å². The second kappa shape index (κ2) is 4.69. The van der Waals surface area contributed by atoms with Gasteiger partial charge in [0.2, 0.25) is 0 Å². The molecule has 0 bridgehead atoms. The largest absolute Gasteiger partial charge is 0.507 e. The molecule has 0 unspecified atom stereocenters. The maximum Gasteiger partial charge on any atom is 0.121 e. The molecule has 1 N–H and O–H groups in total. The summed E-state index contributed by atoms with van der Waals surface area (Å²) in [4.78, 5) is 0. The molecule has 84 valence electrons. The lowest BCUT2D eigenvalue weighted by atomic mass is 9.88. The van der Waals surface area contributed by atoms with E-state index in [1.807, 2.05) is 6.92 Å². The third-order valence-electron chi connectivity index (χ3n) is 3.07. The molecule has 0 aliphatic heterocycles. The highest BCUT2D eigenvalue weighted by Crippen LogP contribution is 2.33. The third-order valence-corrected chi connectivity index (χ3v) is 3.07. The fraction of sp³-hybridized carbons (Fsp3) is 0.571. The van der Waals surface area contributed by atoms with Crippen molar-refractivity contribution in [2.75, 3.05) is 0 Å². The molecule has 0 aromatic heterocycles. The molecular weight excluding hydrogens is 184 g/mol. The Kier molecular flexibility index (Phi) is 3.78. The first-order valence-electron chi connectivity index (χ1n) is 5.87. The summed E-state index contributed by atoms with van der Waals surface area (Å²) in [5.41, 5.74) is 4.88. The first-order chi connectivity index (χ1) is 7.02. The SMILES string of the molecule is CCc1c(C(C)C)cc(C)c(O)c1CC. The topological polar surface area (TPSA) is 20.2 Å². The first-order valence-corrected chi connectivity index (χ1v) is 5.87. The lowest BCUT2D eigenvalue weighted by Crippen LogP contribution is -2.02. The molecule has 1 rings (SSSR count). The predicted molar refractivity (Wildman–Crippen MR) is 65.7 cm³/mol. The van der Waals surface area contributed by atoms with E-state index in [0.717, 1.165) is 24.0 Å². The Morgan fingerprint density at radius 3 is 2.07 bits per heavy atom. The van der Waals surface area contributed by atoms with Crippen LogP contribution in [-0.4, -0.2) is 5.11 Å². The number of hydrogen-bond donors (Lipinski definition) is 1. The number of benzene rings is 1. The van der Waals surface area contributed by atoms with Gasteiger partial charge >= 0.3 is 0 Å². The second-order valence-corrected chi connectivity index (χ2v) is 4.45. The molecule has 0 spiro atoms. The minimum absolute atomic E-state index is 0.499. The summed E-state index contributed by atoms with van der Waals surface area (Å²) in [6.45, 7) is 10.7. The van der Waals surface area contributed by atoms with Crippen molar-refractivity contribution in [3.8, 4) is 5.75 Å². The van der Waals surface area contributed by atoms with Crippen molar-refractivity contribution in [2.45, 2.75) is 53.4 Å². The van der Waals surface area contributed by atoms with E-state index in [1.165, 1.54) is 11.1 Å². The monoisotopic (exact) mass is 206 g/mol. The van der Waals surface area contributed by atoms with E-state index < -0.39 is 0 Å². The molecule has 15 heavy (non-hydrogen) atoms. The van der Waals surface area contributed by atoms with Gasteiger partial charge in [0.25, 0.3) is 0 Å². The Hall–Kier alpha value is -0.980. The molecule has 0 saturated carbocycles. The van der Waals surface area contributed by atoms with Crippen LogP contribution < -0.4 is 0 Å². The average molecular weight is 206 g/mol. The standard InChI is InChI=1S/C14H22O/c1-6-11-12(7-2)14(15)10(5)8-13(11)9(3)4/h8-9,15H,6-7H2,1-5H3. The third kappa shape index (κ3) is 2.17. The Bertz CT molecular complexity index is 351. The van der Waals surface area contributed by atoms with Gasteiger partial charge in [-0.1, -0.05) is 33.8 Å². The van der Waals surface area contributed by atoms with Gasteiger partial charge < -0.3 is 5.11 Å². The molecule has 1 aromatic carbocycles.